The Morgan fingerprint density at radius 1 is 1.00 bits per heavy atom. The first kappa shape index (κ1) is 18.6. The standard InChI is InChI=1S/C20H19N3O3S/c1-16-9-11-19(12-10-16)27(25,26)22-20(24)23(18-7-3-2-4-8-18)15-17-6-5-13-21-14-17/h2-14H,15H2,1H3,(H,22,24). The van der Waals surface area contributed by atoms with Crippen molar-refractivity contribution in [3.63, 3.8) is 0 Å². The molecule has 0 saturated heterocycles. The van der Waals surface area contributed by atoms with E-state index in [0.29, 0.717) is 5.69 Å². The quantitative estimate of drug-likeness (QED) is 0.734. The van der Waals surface area contributed by atoms with E-state index < -0.39 is 16.1 Å². The third-order valence-electron chi connectivity index (χ3n) is 3.93. The van der Waals surface area contributed by atoms with Gasteiger partial charge in [-0.25, -0.2) is 17.9 Å². The molecule has 0 fully saturated rings. The Labute approximate surface area is 158 Å². The molecule has 0 spiro atoms. The first-order valence-corrected chi connectivity index (χ1v) is 9.79. The second-order valence-electron chi connectivity index (χ2n) is 6.01. The summed E-state index contributed by atoms with van der Waals surface area (Å²) in [4.78, 5) is 18.3. The monoisotopic (exact) mass is 381 g/mol. The Bertz CT molecular complexity index is 1010. The Balaban J connectivity index is 1.87. The van der Waals surface area contributed by atoms with Gasteiger partial charge in [0.1, 0.15) is 0 Å². The highest BCUT2D eigenvalue weighted by molar-refractivity contribution is 7.90. The minimum Gasteiger partial charge on any atom is -0.289 e. The van der Waals surface area contributed by atoms with Crippen LogP contribution in [0.2, 0.25) is 0 Å². The van der Waals surface area contributed by atoms with E-state index in [0.717, 1.165) is 11.1 Å². The summed E-state index contributed by atoms with van der Waals surface area (Å²) in [6.45, 7) is 2.05. The number of rotatable bonds is 5. The molecule has 3 rings (SSSR count). The number of anilines is 1. The first-order valence-electron chi connectivity index (χ1n) is 8.31. The van der Waals surface area contributed by atoms with Crippen LogP contribution >= 0.6 is 0 Å². The average Bonchev–Trinajstić information content (AvgIpc) is 2.67. The fourth-order valence-corrected chi connectivity index (χ4v) is 3.46. The van der Waals surface area contributed by atoms with Gasteiger partial charge >= 0.3 is 6.03 Å². The number of para-hydroxylation sites is 1. The molecule has 138 valence electrons. The molecule has 3 aromatic rings. The summed E-state index contributed by atoms with van der Waals surface area (Å²) < 4.78 is 27.3. The van der Waals surface area contributed by atoms with Gasteiger partial charge in [0.2, 0.25) is 0 Å². The molecule has 0 saturated carbocycles. The summed E-state index contributed by atoms with van der Waals surface area (Å²) >= 11 is 0. The van der Waals surface area contributed by atoms with Crippen LogP contribution in [-0.4, -0.2) is 19.4 Å². The lowest BCUT2D eigenvalue weighted by molar-refractivity contribution is 0.250. The molecule has 0 bridgehead atoms. The van der Waals surface area contributed by atoms with E-state index in [9.17, 15) is 13.2 Å². The molecule has 2 aromatic carbocycles. The van der Waals surface area contributed by atoms with Crippen molar-refractivity contribution in [2.75, 3.05) is 4.90 Å². The zero-order valence-corrected chi connectivity index (χ0v) is 15.6. The number of amides is 2. The van der Waals surface area contributed by atoms with Gasteiger partial charge in [-0.15, -0.1) is 0 Å². The molecule has 1 N–H and O–H groups in total. The maximum Gasteiger partial charge on any atom is 0.336 e. The van der Waals surface area contributed by atoms with Crippen molar-refractivity contribution in [3.05, 3.63) is 90.3 Å². The first-order chi connectivity index (χ1) is 13.0. The Morgan fingerprint density at radius 3 is 2.33 bits per heavy atom. The summed E-state index contributed by atoms with van der Waals surface area (Å²) in [5.41, 5.74) is 2.30. The van der Waals surface area contributed by atoms with Crippen LogP contribution in [0, 0.1) is 6.92 Å². The number of carbonyl (C=O) groups is 1. The summed E-state index contributed by atoms with van der Waals surface area (Å²) in [5, 5.41) is 0. The van der Waals surface area contributed by atoms with Crippen molar-refractivity contribution in [3.8, 4) is 0 Å². The van der Waals surface area contributed by atoms with Crippen molar-refractivity contribution in [2.45, 2.75) is 18.4 Å². The van der Waals surface area contributed by atoms with E-state index in [1.165, 1.54) is 17.0 Å². The van der Waals surface area contributed by atoms with Crippen LogP contribution in [0.15, 0.2) is 84.0 Å². The lowest BCUT2D eigenvalue weighted by Gasteiger charge is -2.23. The highest BCUT2D eigenvalue weighted by atomic mass is 32.2. The van der Waals surface area contributed by atoms with Gasteiger partial charge in [0.05, 0.1) is 11.4 Å². The van der Waals surface area contributed by atoms with Gasteiger partial charge in [0, 0.05) is 18.1 Å². The normalized spacial score (nSPS) is 11.0. The lowest BCUT2D eigenvalue weighted by atomic mass is 10.2. The number of hydrogen-bond acceptors (Lipinski definition) is 4. The van der Waals surface area contributed by atoms with Crippen LogP contribution in [0.1, 0.15) is 11.1 Å². The van der Waals surface area contributed by atoms with Crippen molar-refractivity contribution in [1.82, 2.24) is 9.71 Å². The van der Waals surface area contributed by atoms with Crippen molar-refractivity contribution in [1.29, 1.82) is 0 Å². The van der Waals surface area contributed by atoms with Crippen LogP contribution in [0.5, 0.6) is 0 Å². The predicted molar refractivity (Wildman–Crippen MR) is 104 cm³/mol. The SMILES string of the molecule is Cc1ccc(S(=O)(=O)NC(=O)N(Cc2cccnc2)c2ccccc2)cc1. The second-order valence-corrected chi connectivity index (χ2v) is 7.69. The van der Waals surface area contributed by atoms with Crippen LogP contribution in [-0.2, 0) is 16.6 Å². The minimum atomic E-state index is -3.98. The number of hydrogen-bond donors (Lipinski definition) is 1. The van der Waals surface area contributed by atoms with Crippen LogP contribution in [0.3, 0.4) is 0 Å². The number of benzene rings is 2. The number of aromatic nitrogens is 1. The molecule has 1 heterocycles. The van der Waals surface area contributed by atoms with E-state index in [-0.39, 0.29) is 11.4 Å². The van der Waals surface area contributed by atoms with E-state index >= 15 is 0 Å². The number of pyridine rings is 1. The summed E-state index contributed by atoms with van der Waals surface area (Å²) in [7, 11) is -3.98. The largest absolute Gasteiger partial charge is 0.336 e. The smallest absolute Gasteiger partial charge is 0.289 e. The van der Waals surface area contributed by atoms with Gasteiger partial charge in [-0.2, -0.15) is 0 Å². The van der Waals surface area contributed by atoms with Crippen LogP contribution in [0.4, 0.5) is 10.5 Å². The molecule has 0 radical (unpaired) electrons. The molecule has 6 nitrogen and oxygen atoms in total. The molecule has 0 aliphatic carbocycles. The van der Waals surface area contributed by atoms with Crippen LogP contribution < -0.4 is 9.62 Å². The molecule has 2 amide bonds. The number of sulfonamides is 1. The average molecular weight is 381 g/mol. The number of carbonyl (C=O) groups excluding carboxylic acids is 1. The summed E-state index contributed by atoms with van der Waals surface area (Å²) in [5.74, 6) is 0. The summed E-state index contributed by atoms with van der Waals surface area (Å²) in [6.07, 6.45) is 3.27. The van der Waals surface area contributed by atoms with Crippen LogP contribution in [0.25, 0.3) is 0 Å². The fourth-order valence-electron chi connectivity index (χ4n) is 2.51. The topological polar surface area (TPSA) is 79.4 Å². The number of urea groups is 1. The minimum absolute atomic E-state index is 0.0378. The van der Waals surface area contributed by atoms with Gasteiger partial charge in [-0.05, 0) is 42.8 Å². The van der Waals surface area contributed by atoms with E-state index in [1.807, 2.05) is 19.1 Å². The van der Waals surface area contributed by atoms with Gasteiger partial charge in [-0.3, -0.25) is 9.88 Å². The lowest BCUT2D eigenvalue weighted by Crippen LogP contribution is -2.42. The van der Waals surface area contributed by atoms with Crippen molar-refractivity contribution >= 4 is 21.7 Å². The zero-order chi connectivity index (χ0) is 19.3. The van der Waals surface area contributed by atoms with Gasteiger partial charge in [0.15, 0.2) is 0 Å². The van der Waals surface area contributed by atoms with Crippen molar-refractivity contribution in [2.24, 2.45) is 0 Å². The maximum atomic E-state index is 12.8. The van der Waals surface area contributed by atoms with E-state index in [4.69, 9.17) is 0 Å². The zero-order valence-electron chi connectivity index (χ0n) is 14.7. The molecule has 0 aliphatic rings. The van der Waals surface area contributed by atoms with Gasteiger partial charge in [-0.1, -0.05) is 42.0 Å². The number of nitrogens with zero attached hydrogens (tertiary/aromatic N) is 2. The molecule has 0 atom stereocenters. The molecule has 0 aliphatic heterocycles. The van der Waals surface area contributed by atoms with Crippen molar-refractivity contribution < 1.29 is 13.2 Å². The number of nitrogens with one attached hydrogen (secondary N) is 1. The number of aryl methyl sites for hydroxylation is 1. The molecular formula is C20H19N3O3S. The molecular weight excluding hydrogens is 362 g/mol. The molecule has 0 unspecified atom stereocenters. The second kappa shape index (κ2) is 8.01. The van der Waals surface area contributed by atoms with E-state index in [1.54, 1.807) is 54.9 Å². The summed E-state index contributed by atoms with van der Waals surface area (Å²) in [6, 6.07) is 18.1. The third-order valence-corrected chi connectivity index (χ3v) is 5.27. The highest BCUT2D eigenvalue weighted by Crippen LogP contribution is 2.18. The maximum absolute atomic E-state index is 12.8. The Hall–Kier alpha value is -3.19. The fraction of sp³-hybridized carbons (Fsp3) is 0.100. The van der Waals surface area contributed by atoms with E-state index in [2.05, 4.69) is 9.71 Å². The Morgan fingerprint density at radius 2 is 1.70 bits per heavy atom. The Kier molecular flexibility index (Phi) is 5.52. The highest BCUT2D eigenvalue weighted by Gasteiger charge is 2.23. The van der Waals surface area contributed by atoms with Gasteiger partial charge < -0.3 is 0 Å². The van der Waals surface area contributed by atoms with Gasteiger partial charge in [0.25, 0.3) is 10.0 Å². The molecule has 1 aromatic heterocycles. The molecule has 7 heteroatoms. The third kappa shape index (κ3) is 4.71. The molecule has 27 heavy (non-hydrogen) atoms. The predicted octanol–water partition coefficient (Wildman–Crippen LogP) is 3.50.